The van der Waals surface area contributed by atoms with Gasteiger partial charge in [-0.1, -0.05) is 35.5 Å². The van der Waals surface area contributed by atoms with E-state index in [1.165, 1.54) is 6.26 Å². The van der Waals surface area contributed by atoms with Gasteiger partial charge in [0, 0.05) is 19.4 Å². The van der Waals surface area contributed by atoms with Crippen LogP contribution in [0.15, 0.2) is 59.4 Å². The van der Waals surface area contributed by atoms with Crippen molar-refractivity contribution >= 4 is 11.8 Å². The van der Waals surface area contributed by atoms with E-state index in [1.807, 2.05) is 30.3 Å². The van der Waals surface area contributed by atoms with Gasteiger partial charge >= 0.3 is 5.97 Å². The Morgan fingerprint density at radius 1 is 1.24 bits per heavy atom. The Bertz CT molecular complexity index is 1030. The van der Waals surface area contributed by atoms with E-state index in [0.29, 0.717) is 30.3 Å². The molecular weight excluding hydrogens is 426 g/mol. The highest BCUT2D eigenvalue weighted by atomic mass is 16.7. The van der Waals surface area contributed by atoms with E-state index in [4.69, 9.17) is 14.0 Å². The number of aromatic nitrogens is 4. The number of aliphatic carboxylic acids is 1. The zero-order chi connectivity index (χ0) is 22.9. The number of H-pyrrole nitrogens is 1. The zero-order valence-corrected chi connectivity index (χ0v) is 18.1. The minimum atomic E-state index is -0.898. The largest absolute Gasteiger partial charge is 0.481 e. The number of benzene rings is 1. The molecule has 0 aliphatic carbocycles. The molecule has 0 saturated heterocycles. The second-order valence-corrected chi connectivity index (χ2v) is 7.87. The molecule has 3 heterocycles. The maximum atomic E-state index is 11.7. The van der Waals surface area contributed by atoms with Crippen molar-refractivity contribution in [2.75, 3.05) is 18.7 Å². The number of hydrogen-bond donors (Lipinski definition) is 3. The first-order valence-electron chi connectivity index (χ1n) is 10.9. The van der Waals surface area contributed by atoms with Crippen molar-refractivity contribution in [1.29, 1.82) is 0 Å². The smallest absolute Gasteiger partial charge is 0.303 e. The van der Waals surface area contributed by atoms with Crippen molar-refractivity contribution in [3.63, 3.8) is 0 Å². The summed E-state index contributed by atoms with van der Waals surface area (Å²) in [5, 5.41) is 17.0. The summed E-state index contributed by atoms with van der Waals surface area (Å²) >= 11 is 0. The first-order valence-corrected chi connectivity index (χ1v) is 10.9. The molecule has 1 aliphatic rings. The Morgan fingerprint density at radius 3 is 2.85 bits per heavy atom. The van der Waals surface area contributed by atoms with E-state index in [2.05, 4.69) is 25.4 Å². The van der Waals surface area contributed by atoms with Gasteiger partial charge in [-0.15, -0.1) is 0 Å². The molecule has 0 fully saturated rings. The van der Waals surface area contributed by atoms with Gasteiger partial charge in [0.2, 0.25) is 12.7 Å². The Morgan fingerprint density at radius 2 is 2.12 bits per heavy atom. The van der Waals surface area contributed by atoms with Gasteiger partial charge < -0.3 is 29.4 Å². The topological polar surface area (TPSA) is 135 Å². The summed E-state index contributed by atoms with van der Waals surface area (Å²) in [7, 11) is 0. The van der Waals surface area contributed by atoms with Crippen molar-refractivity contribution in [2.24, 2.45) is 5.92 Å². The van der Waals surface area contributed by atoms with Crippen LogP contribution in [-0.2, 0) is 27.1 Å². The lowest BCUT2D eigenvalue weighted by molar-refractivity contribution is -0.138. The lowest BCUT2D eigenvalue weighted by Crippen LogP contribution is -2.22. The number of nitrogens with one attached hydrogen (secondary N) is 2. The summed E-state index contributed by atoms with van der Waals surface area (Å²) < 4.78 is 16.5. The SMILES string of the molecule is O=C(O)CC(Cc1ccccc1)C(C1=COCO1)c1nc(CCCCNc2cnc[nH]2)no1. The van der Waals surface area contributed by atoms with Gasteiger partial charge in [-0.25, -0.2) is 4.98 Å². The van der Waals surface area contributed by atoms with E-state index in [-0.39, 0.29) is 19.1 Å². The third kappa shape index (κ3) is 6.34. The predicted molar refractivity (Wildman–Crippen MR) is 118 cm³/mol. The molecule has 33 heavy (non-hydrogen) atoms. The average molecular weight is 453 g/mol. The van der Waals surface area contributed by atoms with Crippen molar-refractivity contribution in [3.8, 4) is 0 Å². The monoisotopic (exact) mass is 453 g/mol. The van der Waals surface area contributed by atoms with Gasteiger partial charge in [-0.3, -0.25) is 4.79 Å². The minimum absolute atomic E-state index is 0.0722. The van der Waals surface area contributed by atoms with E-state index in [9.17, 15) is 9.90 Å². The molecule has 0 bridgehead atoms. The van der Waals surface area contributed by atoms with E-state index >= 15 is 0 Å². The Labute approximate surface area is 191 Å². The average Bonchev–Trinajstić information content (AvgIpc) is 3.58. The number of hydrogen-bond acceptors (Lipinski definition) is 8. The summed E-state index contributed by atoms with van der Waals surface area (Å²) in [6, 6.07) is 9.75. The highest BCUT2D eigenvalue weighted by Gasteiger charge is 2.36. The molecule has 174 valence electrons. The molecule has 0 radical (unpaired) electrons. The lowest BCUT2D eigenvalue weighted by atomic mass is 9.83. The van der Waals surface area contributed by atoms with Crippen molar-refractivity contribution in [2.45, 2.75) is 38.0 Å². The molecule has 2 atom stereocenters. The van der Waals surface area contributed by atoms with Crippen molar-refractivity contribution in [3.05, 3.63) is 72.2 Å². The fraction of sp³-hybridized carbons (Fsp3) is 0.391. The van der Waals surface area contributed by atoms with Crippen LogP contribution in [0.3, 0.4) is 0 Å². The number of carboxylic acid groups (broad SMARTS) is 1. The summed E-state index contributed by atoms with van der Waals surface area (Å²) in [5.41, 5.74) is 1.03. The van der Waals surface area contributed by atoms with Crippen LogP contribution in [0.2, 0.25) is 0 Å². The number of unbranched alkanes of at least 4 members (excludes halogenated alkanes) is 1. The first-order chi connectivity index (χ1) is 16.2. The summed E-state index contributed by atoms with van der Waals surface area (Å²) in [6.45, 7) is 0.882. The summed E-state index contributed by atoms with van der Waals surface area (Å²) in [4.78, 5) is 23.2. The van der Waals surface area contributed by atoms with Crippen LogP contribution in [0.4, 0.5) is 5.82 Å². The third-order valence-electron chi connectivity index (χ3n) is 5.44. The molecule has 2 aromatic heterocycles. The molecule has 1 aromatic carbocycles. The standard InChI is InChI=1S/C23H27N5O5/c29-21(30)11-17(10-16-6-2-1-3-7-16)22(18-13-31-15-32-18)23-27-19(28-33-23)8-4-5-9-25-20-12-24-14-26-20/h1-3,6-7,12-14,17,22,25H,4-5,8-11,15H2,(H,24,26)(H,29,30). The molecule has 4 rings (SSSR count). The maximum absolute atomic E-state index is 11.7. The van der Waals surface area contributed by atoms with Gasteiger partial charge in [-0.05, 0) is 30.7 Å². The highest BCUT2D eigenvalue weighted by Crippen LogP contribution is 2.37. The summed E-state index contributed by atoms with van der Waals surface area (Å²) in [5.74, 6) is 0.580. The lowest BCUT2D eigenvalue weighted by Gasteiger charge is -2.23. The number of nitrogens with zero attached hydrogens (tertiary/aromatic N) is 3. The molecular formula is C23H27N5O5. The molecule has 0 spiro atoms. The molecule has 3 N–H and O–H groups in total. The van der Waals surface area contributed by atoms with Crippen LogP contribution < -0.4 is 5.32 Å². The maximum Gasteiger partial charge on any atom is 0.303 e. The van der Waals surface area contributed by atoms with Gasteiger partial charge in [0.15, 0.2) is 5.82 Å². The molecule has 0 amide bonds. The number of anilines is 1. The van der Waals surface area contributed by atoms with Crippen LogP contribution in [0.5, 0.6) is 0 Å². The fourth-order valence-corrected chi connectivity index (χ4v) is 3.90. The zero-order valence-electron chi connectivity index (χ0n) is 18.1. The number of aryl methyl sites for hydroxylation is 1. The molecule has 10 heteroatoms. The van der Waals surface area contributed by atoms with E-state index in [0.717, 1.165) is 30.8 Å². The van der Waals surface area contributed by atoms with Crippen LogP contribution in [0, 0.1) is 5.92 Å². The Hall–Kier alpha value is -3.82. The number of ether oxygens (including phenoxy) is 2. The number of allylic oxidation sites excluding steroid dienone is 1. The Balaban J connectivity index is 1.43. The van der Waals surface area contributed by atoms with Gasteiger partial charge in [0.25, 0.3) is 0 Å². The number of imidazole rings is 1. The summed E-state index contributed by atoms with van der Waals surface area (Å²) in [6.07, 6.45) is 7.77. The van der Waals surface area contributed by atoms with Crippen molar-refractivity contribution < 1.29 is 23.9 Å². The second kappa shape index (κ2) is 11.2. The number of rotatable bonds is 13. The molecule has 1 aliphatic heterocycles. The Kier molecular flexibility index (Phi) is 7.57. The number of aromatic amines is 1. The number of carboxylic acids is 1. The van der Waals surface area contributed by atoms with Crippen LogP contribution in [0.1, 0.15) is 42.5 Å². The van der Waals surface area contributed by atoms with Gasteiger partial charge in [0.1, 0.15) is 23.8 Å². The minimum Gasteiger partial charge on any atom is -0.481 e. The molecule has 10 nitrogen and oxygen atoms in total. The van der Waals surface area contributed by atoms with Crippen LogP contribution >= 0.6 is 0 Å². The predicted octanol–water partition coefficient (Wildman–Crippen LogP) is 3.49. The second-order valence-electron chi connectivity index (χ2n) is 7.87. The number of carbonyl (C=O) groups is 1. The van der Waals surface area contributed by atoms with Crippen LogP contribution in [-0.4, -0.2) is 44.5 Å². The normalized spacial score (nSPS) is 14.7. The fourth-order valence-electron chi connectivity index (χ4n) is 3.90. The quantitative estimate of drug-likeness (QED) is 0.332. The van der Waals surface area contributed by atoms with E-state index in [1.54, 1.807) is 12.5 Å². The van der Waals surface area contributed by atoms with Crippen molar-refractivity contribution in [1.82, 2.24) is 20.1 Å². The molecule has 0 saturated carbocycles. The third-order valence-corrected chi connectivity index (χ3v) is 5.44. The van der Waals surface area contributed by atoms with E-state index < -0.39 is 11.9 Å². The molecule has 2 unspecified atom stereocenters. The highest BCUT2D eigenvalue weighted by molar-refractivity contribution is 5.67. The van der Waals surface area contributed by atoms with Crippen LogP contribution in [0.25, 0.3) is 0 Å². The first kappa shape index (κ1) is 22.4. The molecule has 3 aromatic rings. The van der Waals surface area contributed by atoms with Gasteiger partial charge in [-0.2, -0.15) is 4.98 Å². The van der Waals surface area contributed by atoms with Gasteiger partial charge in [0.05, 0.1) is 12.5 Å².